The minimum Gasteiger partial charge on any atom is -0.0619 e. The summed E-state index contributed by atoms with van der Waals surface area (Å²) in [5, 5.41) is 0. The normalized spacial score (nSPS) is 16.7. The average Bonchev–Trinajstić information content (AvgIpc) is 2.29. The van der Waals surface area contributed by atoms with Gasteiger partial charge in [-0.25, -0.2) is 0 Å². The molecule has 0 radical (unpaired) electrons. The Kier molecular flexibility index (Phi) is 4.04. The summed E-state index contributed by atoms with van der Waals surface area (Å²) in [6, 6.07) is 10.9. The van der Waals surface area contributed by atoms with Crippen LogP contribution in [0.15, 0.2) is 40.0 Å². The molecule has 2 rings (SSSR count). The summed E-state index contributed by atoms with van der Waals surface area (Å²) in [5.74, 6) is 0. The van der Waals surface area contributed by atoms with Gasteiger partial charge < -0.3 is 0 Å². The summed E-state index contributed by atoms with van der Waals surface area (Å²) >= 11 is 0.140. The average molecular weight is 299 g/mol. The molecule has 0 atom stereocenters. The Morgan fingerprint density at radius 2 is 1.64 bits per heavy atom. The van der Waals surface area contributed by atoms with E-state index in [0.717, 1.165) is 0 Å². The fourth-order valence-electron chi connectivity index (χ4n) is 1.74. The Hall–Kier alpha value is -0.310. The Labute approximate surface area is 96.7 Å². The fourth-order valence-corrected chi connectivity index (χ4v) is 4.00. The van der Waals surface area contributed by atoms with E-state index in [0.29, 0.717) is 0 Å². The van der Waals surface area contributed by atoms with Gasteiger partial charge in [0.1, 0.15) is 0 Å². The van der Waals surface area contributed by atoms with Crippen LogP contribution in [-0.4, -0.2) is 0 Å². The highest BCUT2D eigenvalue weighted by Crippen LogP contribution is 2.20. The first-order chi connectivity index (χ1) is 6.95. The predicted molar refractivity (Wildman–Crippen MR) is 56.3 cm³/mol. The molecule has 1 aromatic carbocycles. The van der Waals surface area contributed by atoms with Crippen molar-refractivity contribution in [2.45, 2.75) is 32.1 Å². The van der Waals surface area contributed by atoms with Crippen LogP contribution < -0.4 is 21.2 Å². The summed E-state index contributed by atoms with van der Waals surface area (Å²) in [6.45, 7) is 0. The topological polar surface area (TPSA) is 0 Å². The van der Waals surface area contributed by atoms with E-state index in [-0.39, 0.29) is 21.2 Å². The van der Waals surface area contributed by atoms with Crippen molar-refractivity contribution < 1.29 is 21.2 Å². The van der Waals surface area contributed by atoms with Crippen molar-refractivity contribution in [2.75, 3.05) is 0 Å². The van der Waals surface area contributed by atoms with Crippen molar-refractivity contribution in [3.8, 4) is 0 Å². The van der Waals surface area contributed by atoms with Gasteiger partial charge in [0.2, 0.25) is 0 Å². The third-order valence-electron chi connectivity index (χ3n) is 2.56. The van der Waals surface area contributed by atoms with E-state index >= 15 is 0 Å². The van der Waals surface area contributed by atoms with Crippen LogP contribution in [0.1, 0.15) is 32.1 Å². The lowest BCUT2D eigenvalue weighted by atomic mass is 9.97. The van der Waals surface area contributed by atoms with E-state index in [4.69, 9.17) is 0 Å². The maximum absolute atomic E-state index is 2.55. The van der Waals surface area contributed by atoms with Gasteiger partial charge in [-0.05, 0) is 43.4 Å². The van der Waals surface area contributed by atoms with E-state index in [1.807, 2.05) is 0 Å². The highest BCUT2D eigenvalue weighted by atomic mass is 127. The van der Waals surface area contributed by atoms with Gasteiger partial charge in [-0.15, -0.1) is 0 Å². The predicted octanol–water partition coefficient (Wildman–Crippen LogP) is 0.793. The molecule has 1 heteroatoms. The van der Waals surface area contributed by atoms with E-state index in [1.54, 1.807) is 9.14 Å². The van der Waals surface area contributed by atoms with Crippen molar-refractivity contribution in [3.05, 3.63) is 43.6 Å². The minimum absolute atomic E-state index is 0.140. The maximum atomic E-state index is 2.55. The monoisotopic (exact) mass is 299 g/mol. The molecule has 1 aliphatic rings. The summed E-state index contributed by atoms with van der Waals surface area (Å²) in [5.41, 5.74) is 1.73. The smallest absolute Gasteiger partial charge is 0.0619 e. The van der Waals surface area contributed by atoms with Gasteiger partial charge in [-0.2, -0.15) is 0 Å². The molecule has 0 amide bonds. The van der Waals surface area contributed by atoms with Crippen molar-refractivity contribution in [3.63, 3.8) is 0 Å². The SMILES string of the molecule is C([I+]c1ccccc1)=C1CCCCC1. The quantitative estimate of drug-likeness (QED) is 0.709. The van der Waals surface area contributed by atoms with Crippen molar-refractivity contribution in [2.24, 2.45) is 0 Å². The lowest BCUT2D eigenvalue weighted by Crippen LogP contribution is -3.59. The van der Waals surface area contributed by atoms with Crippen LogP contribution in [0, 0.1) is 3.57 Å². The van der Waals surface area contributed by atoms with Crippen LogP contribution in [-0.2, 0) is 0 Å². The highest BCUT2D eigenvalue weighted by molar-refractivity contribution is 5.02. The molecule has 0 unspecified atom stereocenters. The van der Waals surface area contributed by atoms with Crippen LogP contribution in [0.3, 0.4) is 0 Å². The molecule has 74 valence electrons. The summed E-state index contributed by atoms with van der Waals surface area (Å²) in [7, 11) is 0. The molecule has 1 aromatic rings. The number of halogens is 1. The molecule has 0 N–H and O–H groups in total. The number of hydrogen-bond acceptors (Lipinski definition) is 0. The van der Waals surface area contributed by atoms with Crippen molar-refractivity contribution in [1.29, 1.82) is 0 Å². The molecule has 1 saturated carbocycles. The van der Waals surface area contributed by atoms with Gasteiger partial charge >= 0.3 is 21.2 Å². The minimum atomic E-state index is 0.140. The molecule has 1 fully saturated rings. The van der Waals surface area contributed by atoms with E-state index in [1.165, 1.54) is 32.1 Å². The second-order valence-electron chi connectivity index (χ2n) is 3.73. The molecule has 0 nitrogen and oxygen atoms in total. The molecule has 14 heavy (non-hydrogen) atoms. The van der Waals surface area contributed by atoms with Gasteiger partial charge in [0.15, 0.2) is 7.65 Å². The Morgan fingerprint density at radius 3 is 2.36 bits per heavy atom. The van der Waals surface area contributed by atoms with Crippen LogP contribution >= 0.6 is 0 Å². The molecular formula is C13H16I+. The van der Waals surface area contributed by atoms with Crippen LogP contribution in [0.4, 0.5) is 0 Å². The number of rotatable bonds is 2. The zero-order chi connectivity index (χ0) is 9.64. The van der Waals surface area contributed by atoms with E-state index in [9.17, 15) is 0 Å². The van der Waals surface area contributed by atoms with Crippen molar-refractivity contribution in [1.82, 2.24) is 0 Å². The first-order valence-electron chi connectivity index (χ1n) is 5.31. The molecule has 0 bridgehead atoms. The molecule has 1 aliphatic carbocycles. The number of hydrogen-bond donors (Lipinski definition) is 0. The molecule has 0 heterocycles. The Morgan fingerprint density at radius 1 is 0.929 bits per heavy atom. The van der Waals surface area contributed by atoms with Gasteiger partial charge in [0.05, 0.1) is 0 Å². The van der Waals surface area contributed by atoms with E-state index < -0.39 is 0 Å². The summed E-state index contributed by atoms with van der Waals surface area (Å²) < 4.78 is 4.09. The van der Waals surface area contributed by atoms with Gasteiger partial charge in [-0.3, -0.25) is 0 Å². The number of allylic oxidation sites excluding steroid dienone is 1. The lowest BCUT2D eigenvalue weighted by Gasteiger charge is -2.09. The third kappa shape index (κ3) is 3.12. The fraction of sp³-hybridized carbons (Fsp3) is 0.385. The zero-order valence-corrected chi connectivity index (χ0v) is 10.5. The van der Waals surface area contributed by atoms with Gasteiger partial charge in [0.25, 0.3) is 0 Å². The molecular weight excluding hydrogens is 283 g/mol. The summed E-state index contributed by atoms with van der Waals surface area (Å²) in [4.78, 5) is 0. The largest absolute Gasteiger partial charge is 0.349 e. The molecule has 0 aromatic heterocycles. The Bertz CT molecular complexity index is 292. The molecule has 0 spiro atoms. The van der Waals surface area contributed by atoms with Crippen LogP contribution in [0.5, 0.6) is 0 Å². The van der Waals surface area contributed by atoms with Gasteiger partial charge in [0, 0.05) is 0 Å². The molecule has 0 saturated heterocycles. The maximum Gasteiger partial charge on any atom is 0.349 e. The van der Waals surface area contributed by atoms with Crippen molar-refractivity contribution >= 4 is 0 Å². The van der Waals surface area contributed by atoms with E-state index in [2.05, 4.69) is 34.4 Å². The second-order valence-corrected chi connectivity index (χ2v) is 6.22. The highest BCUT2D eigenvalue weighted by Gasteiger charge is 2.12. The first kappa shape index (κ1) is 10.2. The number of benzene rings is 1. The van der Waals surface area contributed by atoms with Crippen LogP contribution in [0.25, 0.3) is 0 Å². The van der Waals surface area contributed by atoms with Crippen LogP contribution in [0.2, 0.25) is 0 Å². The van der Waals surface area contributed by atoms with Gasteiger partial charge in [-0.1, -0.05) is 24.6 Å². The first-order valence-corrected chi connectivity index (χ1v) is 7.64. The second kappa shape index (κ2) is 5.54. The Balaban J connectivity index is 1.92. The third-order valence-corrected chi connectivity index (χ3v) is 5.19. The standard InChI is InChI=1S/C13H16I/c1-3-7-12(8-4-1)11-14-13-9-5-2-6-10-13/h2,5-6,9-11H,1,3-4,7-8H2/q+1. The zero-order valence-electron chi connectivity index (χ0n) is 8.38. The lowest BCUT2D eigenvalue weighted by molar-refractivity contribution is -0.557. The summed E-state index contributed by atoms with van der Waals surface area (Å²) in [6.07, 6.45) is 7.02. The molecule has 0 aliphatic heterocycles.